The van der Waals surface area contributed by atoms with Crippen molar-refractivity contribution in [3.63, 3.8) is 0 Å². The van der Waals surface area contributed by atoms with Gasteiger partial charge in [0.2, 0.25) is 5.90 Å². The van der Waals surface area contributed by atoms with Crippen molar-refractivity contribution >= 4 is 5.90 Å². The molecular weight excluding hydrogens is 278 g/mol. The fourth-order valence-electron chi connectivity index (χ4n) is 2.59. The normalized spacial score (nSPS) is 32.0. The molecule has 1 saturated heterocycles. The van der Waals surface area contributed by atoms with Crippen LogP contribution in [0.3, 0.4) is 0 Å². The summed E-state index contributed by atoms with van der Waals surface area (Å²) in [6, 6.07) is 8.41. The molecule has 0 saturated carbocycles. The van der Waals surface area contributed by atoms with Crippen molar-refractivity contribution < 1.29 is 14.2 Å². The average molecular weight is 303 g/mol. The summed E-state index contributed by atoms with van der Waals surface area (Å²) in [5.41, 5.74) is 2.06. The van der Waals surface area contributed by atoms with Crippen LogP contribution in [0.2, 0.25) is 0 Å². The largest absolute Gasteiger partial charge is 0.475 e. The van der Waals surface area contributed by atoms with E-state index < -0.39 is 0 Å². The molecule has 0 N–H and O–H groups in total. The van der Waals surface area contributed by atoms with Crippen LogP contribution in [-0.4, -0.2) is 31.3 Å². The topological polar surface area (TPSA) is 40.0 Å². The number of ether oxygens (including phenoxy) is 3. The van der Waals surface area contributed by atoms with Gasteiger partial charge in [-0.25, -0.2) is 4.99 Å². The lowest BCUT2D eigenvalue weighted by Gasteiger charge is -2.33. The molecule has 1 aromatic rings. The Hall–Kier alpha value is -1.39. The third-order valence-corrected chi connectivity index (χ3v) is 4.52. The molecule has 0 aromatic heterocycles. The molecule has 120 valence electrons. The van der Waals surface area contributed by atoms with Gasteiger partial charge in [-0.15, -0.1) is 0 Å². The van der Waals surface area contributed by atoms with Crippen molar-refractivity contribution in [2.45, 2.75) is 46.1 Å². The lowest BCUT2D eigenvalue weighted by Crippen LogP contribution is -2.32. The van der Waals surface area contributed by atoms with E-state index >= 15 is 0 Å². The van der Waals surface area contributed by atoms with Crippen LogP contribution in [0.4, 0.5) is 0 Å². The molecule has 0 aliphatic carbocycles. The summed E-state index contributed by atoms with van der Waals surface area (Å²) in [7, 11) is 0. The van der Waals surface area contributed by atoms with Crippen molar-refractivity contribution in [1.29, 1.82) is 0 Å². The third-order valence-electron chi connectivity index (χ3n) is 4.52. The number of aliphatic imine (C=N–C) groups is 1. The van der Waals surface area contributed by atoms with Gasteiger partial charge in [-0.2, -0.15) is 0 Å². The van der Waals surface area contributed by atoms with Gasteiger partial charge >= 0.3 is 0 Å². The zero-order valence-corrected chi connectivity index (χ0v) is 13.8. The molecule has 1 fully saturated rings. The van der Waals surface area contributed by atoms with Crippen molar-refractivity contribution in [2.75, 3.05) is 13.2 Å². The molecule has 0 radical (unpaired) electrons. The first kappa shape index (κ1) is 15.5. The monoisotopic (exact) mass is 303 g/mol. The zero-order valence-electron chi connectivity index (χ0n) is 13.8. The van der Waals surface area contributed by atoms with Crippen LogP contribution in [0.15, 0.2) is 29.3 Å². The highest BCUT2D eigenvalue weighted by Crippen LogP contribution is 2.29. The number of benzene rings is 1. The Morgan fingerprint density at radius 3 is 2.41 bits per heavy atom. The second-order valence-corrected chi connectivity index (χ2v) is 6.66. The minimum Gasteiger partial charge on any atom is -0.475 e. The number of hydrogen-bond acceptors (Lipinski definition) is 4. The van der Waals surface area contributed by atoms with Gasteiger partial charge in [-0.1, -0.05) is 32.9 Å². The van der Waals surface area contributed by atoms with Crippen LogP contribution >= 0.6 is 0 Å². The van der Waals surface area contributed by atoms with E-state index in [0.29, 0.717) is 18.4 Å². The van der Waals surface area contributed by atoms with Gasteiger partial charge in [0.15, 0.2) is 6.29 Å². The third kappa shape index (κ3) is 3.18. The molecule has 0 spiro atoms. The van der Waals surface area contributed by atoms with Crippen molar-refractivity contribution in [2.24, 2.45) is 16.8 Å². The summed E-state index contributed by atoms with van der Waals surface area (Å²) in [5, 5.41) is 0. The number of hydrogen-bond donors (Lipinski definition) is 0. The number of rotatable bonds is 3. The highest BCUT2D eigenvalue weighted by atomic mass is 16.7. The molecule has 4 heteroatoms. The Labute approximate surface area is 132 Å². The molecule has 0 unspecified atom stereocenters. The Balaban J connectivity index is 1.70. The second-order valence-electron chi connectivity index (χ2n) is 6.66. The molecule has 0 amide bonds. The van der Waals surface area contributed by atoms with E-state index in [1.165, 1.54) is 0 Å². The lowest BCUT2D eigenvalue weighted by atomic mass is 10.1. The predicted octanol–water partition coefficient (Wildman–Crippen LogP) is 3.56. The molecule has 2 aliphatic rings. The molecular formula is C18H25NO3. The van der Waals surface area contributed by atoms with E-state index in [0.717, 1.165) is 23.6 Å². The Bertz CT molecular complexity index is 538. The van der Waals surface area contributed by atoms with Gasteiger partial charge in [0.25, 0.3) is 0 Å². The maximum Gasteiger partial charge on any atom is 0.216 e. The van der Waals surface area contributed by atoms with Crippen molar-refractivity contribution in [3.8, 4) is 0 Å². The molecule has 0 bridgehead atoms. The highest BCUT2D eigenvalue weighted by molar-refractivity contribution is 5.95. The summed E-state index contributed by atoms with van der Waals surface area (Å²) in [6.07, 6.45) is -0.0529. The van der Waals surface area contributed by atoms with Gasteiger partial charge < -0.3 is 14.2 Å². The van der Waals surface area contributed by atoms with Gasteiger partial charge in [0.05, 0.1) is 18.8 Å². The SMILES string of the molecule is CC(C)[C@@H]1COC(c2ccc([C@H]3OC[C@H](C)[C@@H](C)O3)cc2)=N1. The second kappa shape index (κ2) is 6.39. The lowest BCUT2D eigenvalue weighted by molar-refractivity contribution is -0.233. The van der Waals surface area contributed by atoms with Crippen LogP contribution in [-0.2, 0) is 14.2 Å². The van der Waals surface area contributed by atoms with E-state index in [4.69, 9.17) is 14.2 Å². The maximum absolute atomic E-state index is 5.91. The van der Waals surface area contributed by atoms with Gasteiger partial charge in [-0.3, -0.25) is 0 Å². The van der Waals surface area contributed by atoms with E-state index in [-0.39, 0.29) is 18.4 Å². The molecule has 4 nitrogen and oxygen atoms in total. The smallest absolute Gasteiger partial charge is 0.216 e. The fraction of sp³-hybridized carbons (Fsp3) is 0.611. The molecule has 2 heterocycles. The van der Waals surface area contributed by atoms with Crippen LogP contribution in [0.1, 0.15) is 45.1 Å². The quantitative estimate of drug-likeness (QED) is 0.857. The summed E-state index contributed by atoms with van der Waals surface area (Å²) in [5.74, 6) is 1.69. The van der Waals surface area contributed by atoms with Crippen LogP contribution in [0.25, 0.3) is 0 Å². The molecule has 4 atom stereocenters. The van der Waals surface area contributed by atoms with Crippen LogP contribution in [0.5, 0.6) is 0 Å². The molecule has 22 heavy (non-hydrogen) atoms. The molecule has 3 rings (SSSR count). The van der Waals surface area contributed by atoms with Crippen molar-refractivity contribution in [1.82, 2.24) is 0 Å². The minimum absolute atomic E-state index is 0.216. The Morgan fingerprint density at radius 2 is 1.82 bits per heavy atom. The fourth-order valence-corrected chi connectivity index (χ4v) is 2.59. The van der Waals surface area contributed by atoms with Gasteiger partial charge in [0, 0.05) is 17.0 Å². The Kier molecular flexibility index (Phi) is 4.50. The summed E-state index contributed by atoms with van der Waals surface area (Å²) >= 11 is 0. The van der Waals surface area contributed by atoms with Gasteiger partial charge in [-0.05, 0) is 25.0 Å². The number of nitrogens with zero attached hydrogens (tertiary/aromatic N) is 1. The minimum atomic E-state index is -0.268. The first-order chi connectivity index (χ1) is 10.5. The Morgan fingerprint density at radius 1 is 1.09 bits per heavy atom. The highest BCUT2D eigenvalue weighted by Gasteiger charge is 2.27. The van der Waals surface area contributed by atoms with Crippen LogP contribution < -0.4 is 0 Å². The van der Waals surface area contributed by atoms with Crippen LogP contribution in [0, 0.1) is 11.8 Å². The first-order valence-corrected chi connectivity index (χ1v) is 8.12. The molecule has 1 aromatic carbocycles. The summed E-state index contributed by atoms with van der Waals surface area (Å²) in [6.45, 7) is 10.00. The van der Waals surface area contributed by atoms with E-state index in [9.17, 15) is 0 Å². The summed E-state index contributed by atoms with van der Waals surface area (Å²) < 4.78 is 17.4. The summed E-state index contributed by atoms with van der Waals surface area (Å²) in [4.78, 5) is 4.65. The standard InChI is InChI=1S/C18H25NO3/c1-11(2)16-10-20-17(19-16)14-5-7-15(8-6-14)18-21-9-12(3)13(4)22-18/h5-8,11-13,16,18H,9-10H2,1-4H3/t12-,13+,16-,18-/m0/s1. The first-order valence-electron chi connectivity index (χ1n) is 8.12. The zero-order chi connectivity index (χ0) is 15.7. The predicted molar refractivity (Wildman–Crippen MR) is 86.0 cm³/mol. The van der Waals surface area contributed by atoms with Crippen molar-refractivity contribution in [3.05, 3.63) is 35.4 Å². The van der Waals surface area contributed by atoms with Gasteiger partial charge in [0.1, 0.15) is 6.61 Å². The van der Waals surface area contributed by atoms with E-state index in [2.05, 4.69) is 32.7 Å². The molecule has 2 aliphatic heterocycles. The van der Waals surface area contributed by atoms with E-state index in [1.54, 1.807) is 0 Å². The van der Waals surface area contributed by atoms with E-state index in [1.807, 2.05) is 24.3 Å². The maximum atomic E-state index is 5.91. The average Bonchev–Trinajstić information content (AvgIpc) is 3.00.